The van der Waals surface area contributed by atoms with E-state index in [0.29, 0.717) is 0 Å². The molecule has 1 N–H and O–H groups in total. The lowest BCUT2D eigenvalue weighted by molar-refractivity contribution is -0.117. The van der Waals surface area contributed by atoms with Gasteiger partial charge in [-0.3, -0.25) is 4.79 Å². The van der Waals surface area contributed by atoms with Gasteiger partial charge in [0.1, 0.15) is 0 Å². The number of benzene rings is 1. The zero-order chi connectivity index (χ0) is 11.6. The van der Waals surface area contributed by atoms with E-state index < -0.39 is 4.32 Å². The van der Waals surface area contributed by atoms with Gasteiger partial charge in [0.15, 0.2) is 0 Å². The number of halogens is 2. The molecular weight excluding hydrogens is 322 g/mol. The summed E-state index contributed by atoms with van der Waals surface area (Å²) >= 11 is 6.73. The average Bonchev–Trinajstić information content (AvgIpc) is 2.10. The Kier molecular flexibility index (Phi) is 3.95. The lowest BCUT2D eigenvalue weighted by Gasteiger charge is -2.16. The first-order chi connectivity index (χ1) is 6.80. The number of carbonyl (C=O) groups is 1. The zero-order valence-electron chi connectivity index (χ0n) is 8.90. The number of hydrogen-bond donors (Lipinski definition) is 1. The standard InChI is InChI=1S/C11H13Br2NO/c1-7-6-8(4-5-9(7)12)14-10(15)11(2,3)13/h4-6H,1-3H3,(H,14,15). The monoisotopic (exact) mass is 333 g/mol. The van der Waals surface area contributed by atoms with Crippen LogP contribution in [-0.2, 0) is 4.79 Å². The molecule has 1 aromatic carbocycles. The second kappa shape index (κ2) is 4.66. The second-order valence-electron chi connectivity index (χ2n) is 3.89. The molecule has 4 heteroatoms. The Morgan fingerprint density at radius 3 is 2.47 bits per heavy atom. The maximum absolute atomic E-state index is 11.7. The zero-order valence-corrected chi connectivity index (χ0v) is 12.1. The van der Waals surface area contributed by atoms with Crippen LogP contribution in [0.5, 0.6) is 0 Å². The molecule has 0 heterocycles. The molecule has 0 aliphatic rings. The van der Waals surface area contributed by atoms with Crippen molar-refractivity contribution in [3.05, 3.63) is 28.2 Å². The largest absolute Gasteiger partial charge is 0.325 e. The summed E-state index contributed by atoms with van der Waals surface area (Å²) in [5.41, 5.74) is 1.91. The van der Waals surface area contributed by atoms with E-state index in [1.54, 1.807) is 0 Å². The molecule has 1 amide bonds. The third-order valence-electron chi connectivity index (χ3n) is 1.96. The van der Waals surface area contributed by atoms with Gasteiger partial charge in [0.2, 0.25) is 5.91 Å². The van der Waals surface area contributed by atoms with Crippen LogP contribution in [0.15, 0.2) is 22.7 Å². The van der Waals surface area contributed by atoms with Gasteiger partial charge in [0.05, 0.1) is 4.32 Å². The molecule has 0 aromatic heterocycles. The average molecular weight is 335 g/mol. The van der Waals surface area contributed by atoms with Crippen molar-refractivity contribution in [2.75, 3.05) is 5.32 Å². The minimum Gasteiger partial charge on any atom is -0.325 e. The molecule has 1 rings (SSSR count). The normalized spacial score (nSPS) is 11.3. The summed E-state index contributed by atoms with van der Waals surface area (Å²) in [6, 6.07) is 5.72. The Bertz CT molecular complexity index is 383. The van der Waals surface area contributed by atoms with Gasteiger partial charge >= 0.3 is 0 Å². The van der Waals surface area contributed by atoms with E-state index in [2.05, 4.69) is 37.2 Å². The van der Waals surface area contributed by atoms with Crippen LogP contribution in [0.3, 0.4) is 0 Å². The molecule has 0 fully saturated rings. The third kappa shape index (κ3) is 3.61. The smallest absolute Gasteiger partial charge is 0.240 e. The van der Waals surface area contributed by atoms with Gasteiger partial charge in [-0.25, -0.2) is 0 Å². The first-order valence-electron chi connectivity index (χ1n) is 4.57. The van der Waals surface area contributed by atoms with Crippen molar-refractivity contribution < 1.29 is 4.79 Å². The van der Waals surface area contributed by atoms with Gasteiger partial charge in [0.25, 0.3) is 0 Å². The highest BCUT2D eigenvalue weighted by atomic mass is 79.9. The molecule has 2 nitrogen and oxygen atoms in total. The van der Waals surface area contributed by atoms with Crippen LogP contribution in [0.4, 0.5) is 5.69 Å². The van der Waals surface area contributed by atoms with Crippen LogP contribution in [0.25, 0.3) is 0 Å². The van der Waals surface area contributed by atoms with Crippen molar-refractivity contribution >= 4 is 43.5 Å². The number of alkyl halides is 1. The van der Waals surface area contributed by atoms with E-state index in [0.717, 1.165) is 15.7 Å². The SMILES string of the molecule is Cc1cc(NC(=O)C(C)(C)Br)ccc1Br. The fourth-order valence-corrected chi connectivity index (χ4v) is 1.35. The van der Waals surface area contributed by atoms with Gasteiger partial charge in [-0.1, -0.05) is 31.9 Å². The maximum atomic E-state index is 11.7. The van der Waals surface area contributed by atoms with Gasteiger partial charge in [-0.2, -0.15) is 0 Å². The Hall–Kier alpha value is -0.350. The molecule has 15 heavy (non-hydrogen) atoms. The molecule has 0 aliphatic heterocycles. The molecule has 0 bridgehead atoms. The minimum atomic E-state index is -0.548. The molecular formula is C11H13Br2NO. The minimum absolute atomic E-state index is 0.0516. The second-order valence-corrected chi connectivity index (χ2v) is 6.73. The number of carbonyl (C=O) groups excluding carboxylic acids is 1. The van der Waals surface area contributed by atoms with Crippen LogP contribution in [-0.4, -0.2) is 10.2 Å². The predicted octanol–water partition coefficient (Wildman–Crippen LogP) is 3.87. The maximum Gasteiger partial charge on any atom is 0.240 e. The molecule has 0 radical (unpaired) electrons. The fraction of sp³-hybridized carbons (Fsp3) is 0.364. The quantitative estimate of drug-likeness (QED) is 0.817. The van der Waals surface area contributed by atoms with Crippen molar-refractivity contribution in [1.82, 2.24) is 0 Å². The number of rotatable bonds is 2. The fourth-order valence-electron chi connectivity index (χ4n) is 1.00. The van der Waals surface area contributed by atoms with Crippen molar-refractivity contribution in [1.29, 1.82) is 0 Å². The van der Waals surface area contributed by atoms with Gasteiger partial charge in [-0.05, 0) is 44.5 Å². The Balaban J connectivity index is 2.83. The number of nitrogens with one attached hydrogen (secondary N) is 1. The highest BCUT2D eigenvalue weighted by molar-refractivity contribution is 9.10. The number of hydrogen-bond acceptors (Lipinski definition) is 1. The van der Waals surface area contributed by atoms with Crippen molar-refractivity contribution in [2.45, 2.75) is 25.1 Å². The Morgan fingerprint density at radius 1 is 1.40 bits per heavy atom. The summed E-state index contributed by atoms with van der Waals surface area (Å²) in [5.74, 6) is -0.0516. The molecule has 0 aliphatic carbocycles. The lowest BCUT2D eigenvalue weighted by Crippen LogP contribution is -2.30. The molecule has 1 aromatic rings. The van der Waals surface area contributed by atoms with E-state index in [9.17, 15) is 4.79 Å². The topological polar surface area (TPSA) is 29.1 Å². The van der Waals surface area contributed by atoms with E-state index in [-0.39, 0.29) is 5.91 Å². The summed E-state index contributed by atoms with van der Waals surface area (Å²) < 4.78 is 0.493. The van der Waals surface area contributed by atoms with E-state index >= 15 is 0 Å². The molecule has 0 unspecified atom stereocenters. The molecule has 82 valence electrons. The highest BCUT2D eigenvalue weighted by Gasteiger charge is 2.23. The van der Waals surface area contributed by atoms with E-state index in [4.69, 9.17) is 0 Å². The van der Waals surface area contributed by atoms with Gasteiger partial charge < -0.3 is 5.32 Å². The summed E-state index contributed by atoms with van der Waals surface area (Å²) in [7, 11) is 0. The number of amides is 1. The lowest BCUT2D eigenvalue weighted by atomic mass is 10.2. The summed E-state index contributed by atoms with van der Waals surface area (Å²) in [6.45, 7) is 5.61. The van der Waals surface area contributed by atoms with E-state index in [1.807, 2.05) is 39.0 Å². The molecule has 0 spiro atoms. The molecule has 0 saturated heterocycles. The van der Waals surface area contributed by atoms with Crippen LogP contribution < -0.4 is 5.32 Å². The summed E-state index contributed by atoms with van der Waals surface area (Å²) in [4.78, 5) is 11.7. The first-order valence-corrected chi connectivity index (χ1v) is 6.16. The Labute approximate surface area is 107 Å². The molecule has 0 saturated carbocycles. The highest BCUT2D eigenvalue weighted by Crippen LogP contribution is 2.22. The summed E-state index contributed by atoms with van der Waals surface area (Å²) in [5, 5.41) is 2.84. The van der Waals surface area contributed by atoms with Crippen LogP contribution in [0.2, 0.25) is 0 Å². The number of aryl methyl sites for hydroxylation is 1. The van der Waals surface area contributed by atoms with Crippen molar-refractivity contribution in [3.63, 3.8) is 0 Å². The number of anilines is 1. The summed E-state index contributed by atoms with van der Waals surface area (Å²) in [6.07, 6.45) is 0. The Morgan fingerprint density at radius 2 is 2.00 bits per heavy atom. The van der Waals surface area contributed by atoms with Crippen LogP contribution in [0, 0.1) is 6.92 Å². The molecule has 0 atom stereocenters. The van der Waals surface area contributed by atoms with Gasteiger partial charge in [-0.15, -0.1) is 0 Å². The van der Waals surface area contributed by atoms with Crippen molar-refractivity contribution in [2.24, 2.45) is 0 Å². The van der Waals surface area contributed by atoms with Gasteiger partial charge in [0, 0.05) is 10.2 Å². The first kappa shape index (κ1) is 12.7. The van der Waals surface area contributed by atoms with Crippen molar-refractivity contribution in [3.8, 4) is 0 Å². The van der Waals surface area contributed by atoms with Crippen LogP contribution >= 0.6 is 31.9 Å². The third-order valence-corrected chi connectivity index (χ3v) is 3.21. The predicted molar refractivity (Wildman–Crippen MR) is 70.5 cm³/mol. The van der Waals surface area contributed by atoms with Crippen LogP contribution in [0.1, 0.15) is 19.4 Å². The van der Waals surface area contributed by atoms with E-state index in [1.165, 1.54) is 0 Å².